The van der Waals surface area contributed by atoms with Crippen LogP contribution < -0.4 is 10.6 Å². The van der Waals surface area contributed by atoms with Gasteiger partial charge in [0.05, 0.1) is 5.69 Å². The summed E-state index contributed by atoms with van der Waals surface area (Å²) in [5.41, 5.74) is -0.544. The molecule has 2 amide bonds. The SMILES string of the molecule is O=C(Nc1c(Br)cccc1Br)NC1(C(=O)O)CCC1. The molecule has 0 spiro atoms. The fourth-order valence-corrected chi connectivity index (χ4v) is 3.10. The molecule has 19 heavy (non-hydrogen) atoms. The van der Waals surface area contributed by atoms with E-state index in [1.807, 2.05) is 6.07 Å². The minimum Gasteiger partial charge on any atom is -0.480 e. The van der Waals surface area contributed by atoms with Crippen molar-refractivity contribution in [3.63, 3.8) is 0 Å². The highest BCUT2D eigenvalue weighted by Gasteiger charge is 2.45. The first-order valence-electron chi connectivity index (χ1n) is 5.71. The van der Waals surface area contributed by atoms with Crippen molar-refractivity contribution in [2.45, 2.75) is 24.8 Å². The van der Waals surface area contributed by atoms with Crippen LogP contribution in [0.15, 0.2) is 27.1 Å². The summed E-state index contributed by atoms with van der Waals surface area (Å²) < 4.78 is 1.44. The van der Waals surface area contributed by atoms with Gasteiger partial charge in [-0.15, -0.1) is 0 Å². The fraction of sp³-hybridized carbons (Fsp3) is 0.333. The second kappa shape index (κ2) is 5.50. The van der Waals surface area contributed by atoms with E-state index in [0.29, 0.717) is 18.5 Å². The maximum absolute atomic E-state index is 11.9. The molecular weight excluding hydrogens is 380 g/mol. The minimum atomic E-state index is -1.11. The molecule has 1 aromatic rings. The van der Waals surface area contributed by atoms with Crippen LogP contribution in [0.1, 0.15) is 19.3 Å². The van der Waals surface area contributed by atoms with Gasteiger partial charge in [0.25, 0.3) is 0 Å². The Labute approximate surface area is 127 Å². The number of hydrogen-bond acceptors (Lipinski definition) is 2. The molecule has 0 aromatic heterocycles. The molecule has 0 atom stereocenters. The summed E-state index contributed by atoms with van der Waals surface area (Å²) in [4.78, 5) is 23.1. The molecule has 1 aliphatic carbocycles. The first-order valence-corrected chi connectivity index (χ1v) is 7.30. The summed E-state index contributed by atoms with van der Waals surface area (Å²) in [5, 5.41) is 14.3. The summed E-state index contributed by atoms with van der Waals surface area (Å²) in [6.45, 7) is 0. The minimum absolute atomic E-state index is 0.465. The highest BCUT2D eigenvalue weighted by atomic mass is 79.9. The van der Waals surface area contributed by atoms with E-state index in [0.717, 1.165) is 15.4 Å². The Morgan fingerprint density at radius 3 is 2.21 bits per heavy atom. The number of benzene rings is 1. The molecule has 0 aliphatic heterocycles. The van der Waals surface area contributed by atoms with Crippen LogP contribution in [-0.4, -0.2) is 22.6 Å². The van der Waals surface area contributed by atoms with E-state index in [2.05, 4.69) is 42.5 Å². The maximum atomic E-state index is 11.9. The van der Waals surface area contributed by atoms with E-state index in [1.165, 1.54) is 0 Å². The van der Waals surface area contributed by atoms with Gasteiger partial charge in [0.1, 0.15) is 5.54 Å². The summed E-state index contributed by atoms with van der Waals surface area (Å²) in [6, 6.07) is 4.88. The zero-order chi connectivity index (χ0) is 14.0. The van der Waals surface area contributed by atoms with Crippen molar-refractivity contribution in [2.75, 3.05) is 5.32 Å². The van der Waals surface area contributed by atoms with Crippen LogP contribution in [0.25, 0.3) is 0 Å². The lowest BCUT2D eigenvalue weighted by Crippen LogP contribution is -2.60. The molecule has 102 valence electrons. The predicted molar refractivity (Wildman–Crippen MR) is 78.2 cm³/mol. The number of hydrogen-bond donors (Lipinski definition) is 3. The molecule has 0 unspecified atom stereocenters. The lowest BCUT2D eigenvalue weighted by Gasteiger charge is -2.38. The number of anilines is 1. The standard InChI is InChI=1S/C12H12Br2N2O3/c13-7-3-1-4-8(14)9(7)15-11(19)16-12(10(17)18)5-2-6-12/h1,3-4H,2,5-6H2,(H,17,18)(H2,15,16,19). The van der Waals surface area contributed by atoms with Gasteiger partial charge in [0, 0.05) is 8.95 Å². The van der Waals surface area contributed by atoms with Crippen LogP contribution in [0, 0.1) is 0 Å². The molecule has 0 heterocycles. The summed E-state index contributed by atoms with van der Waals surface area (Å²) in [6.07, 6.45) is 1.74. The van der Waals surface area contributed by atoms with Crippen molar-refractivity contribution in [1.82, 2.24) is 5.32 Å². The summed E-state index contributed by atoms with van der Waals surface area (Å²) in [7, 11) is 0. The number of rotatable bonds is 3. The Hall–Kier alpha value is -1.08. The number of para-hydroxylation sites is 1. The van der Waals surface area contributed by atoms with Gasteiger partial charge < -0.3 is 15.7 Å². The molecule has 1 aliphatic rings. The van der Waals surface area contributed by atoms with Crippen molar-refractivity contribution < 1.29 is 14.7 Å². The van der Waals surface area contributed by atoms with E-state index in [4.69, 9.17) is 5.11 Å². The largest absolute Gasteiger partial charge is 0.480 e. The average Bonchev–Trinajstić information content (AvgIpc) is 2.28. The number of nitrogens with one attached hydrogen (secondary N) is 2. The van der Waals surface area contributed by atoms with Gasteiger partial charge in [-0.3, -0.25) is 0 Å². The van der Waals surface area contributed by atoms with E-state index in [9.17, 15) is 9.59 Å². The van der Waals surface area contributed by atoms with Gasteiger partial charge in [0.15, 0.2) is 0 Å². The van der Waals surface area contributed by atoms with Crippen molar-refractivity contribution in [1.29, 1.82) is 0 Å². The van der Waals surface area contributed by atoms with E-state index < -0.39 is 17.5 Å². The Kier molecular flexibility index (Phi) is 4.15. The Bertz CT molecular complexity index is 509. The summed E-state index contributed by atoms with van der Waals surface area (Å²) in [5.74, 6) is -0.986. The molecule has 5 nitrogen and oxygen atoms in total. The number of carboxylic acid groups (broad SMARTS) is 1. The number of carboxylic acids is 1. The number of carbonyl (C=O) groups is 2. The zero-order valence-corrected chi connectivity index (χ0v) is 13.0. The number of amides is 2. The monoisotopic (exact) mass is 390 g/mol. The zero-order valence-electron chi connectivity index (χ0n) is 9.87. The van der Waals surface area contributed by atoms with E-state index in [-0.39, 0.29) is 0 Å². The third kappa shape index (κ3) is 2.92. The number of aliphatic carboxylic acids is 1. The van der Waals surface area contributed by atoms with Crippen LogP contribution in [-0.2, 0) is 4.79 Å². The Morgan fingerprint density at radius 1 is 1.21 bits per heavy atom. The van der Waals surface area contributed by atoms with Gasteiger partial charge in [-0.2, -0.15) is 0 Å². The normalized spacial score (nSPS) is 16.3. The lowest BCUT2D eigenvalue weighted by molar-refractivity contribution is -0.148. The van der Waals surface area contributed by atoms with Gasteiger partial charge in [-0.05, 0) is 63.3 Å². The molecular formula is C12H12Br2N2O3. The molecule has 1 aromatic carbocycles. The van der Waals surface area contributed by atoms with Crippen molar-refractivity contribution in [2.24, 2.45) is 0 Å². The maximum Gasteiger partial charge on any atom is 0.329 e. The topological polar surface area (TPSA) is 78.4 Å². The van der Waals surface area contributed by atoms with E-state index in [1.54, 1.807) is 12.1 Å². The number of urea groups is 1. The van der Waals surface area contributed by atoms with Crippen molar-refractivity contribution >= 4 is 49.5 Å². The molecule has 7 heteroatoms. The first-order chi connectivity index (χ1) is 8.94. The van der Waals surface area contributed by atoms with Crippen LogP contribution >= 0.6 is 31.9 Å². The van der Waals surface area contributed by atoms with Crippen LogP contribution in [0.3, 0.4) is 0 Å². The van der Waals surface area contributed by atoms with Gasteiger partial charge in [-0.25, -0.2) is 9.59 Å². The molecule has 3 N–H and O–H groups in total. The highest BCUT2D eigenvalue weighted by Crippen LogP contribution is 2.33. The van der Waals surface area contributed by atoms with Crippen LogP contribution in [0.2, 0.25) is 0 Å². The number of halogens is 2. The third-order valence-electron chi connectivity index (χ3n) is 3.17. The van der Waals surface area contributed by atoms with Crippen LogP contribution in [0.5, 0.6) is 0 Å². The molecule has 0 saturated heterocycles. The number of carbonyl (C=O) groups excluding carboxylic acids is 1. The Balaban J connectivity index is 2.08. The van der Waals surface area contributed by atoms with Crippen LogP contribution in [0.4, 0.5) is 10.5 Å². The second-order valence-electron chi connectivity index (χ2n) is 4.42. The lowest BCUT2D eigenvalue weighted by atomic mass is 9.77. The molecule has 1 fully saturated rings. The highest BCUT2D eigenvalue weighted by molar-refractivity contribution is 9.11. The fourth-order valence-electron chi connectivity index (χ4n) is 1.90. The smallest absolute Gasteiger partial charge is 0.329 e. The Morgan fingerprint density at radius 2 is 1.79 bits per heavy atom. The van der Waals surface area contributed by atoms with E-state index >= 15 is 0 Å². The van der Waals surface area contributed by atoms with Crippen molar-refractivity contribution in [3.05, 3.63) is 27.1 Å². The second-order valence-corrected chi connectivity index (χ2v) is 6.13. The van der Waals surface area contributed by atoms with Gasteiger partial charge in [-0.1, -0.05) is 6.07 Å². The van der Waals surface area contributed by atoms with Gasteiger partial charge in [0.2, 0.25) is 0 Å². The molecule has 0 radical (unpaired) electrons. The predicted octanol–water partition coefficient (Wildman–Crippen LogP) is 3.34. The average molecular weight is 392 g/mol. The van der Waals surface area contributed by atoms with Crippen molar-refractivity contribution in [3.8, 4) is 0 Å². The molecule has 0 bridgehead atoms. The summed E-state index contributed by atoms with van der Waals surface area (Å²) >= 11 is 6.65. The first kappa shape index (κ1) is 14.3. The third-order valence-corrected chi connectivity index (χ3v) is 4.49. The quantitative estimate of drug-likeness (QED) is 0.739. The molecule has 2 rings (SSSR count). The van der Waals surface area contributed by atoms with Gasteiger partial charge >= 0.3 is 12.0 Å². The molecule has 1 saturated carbocycles.